The highest BCUT2D eigenvalue weighted by Crippen LogP contribution is 2.31. The molecule has 28 heavy (non-hydrogen) atoms. The van der Waals surface area contributed by atoms with E-state index in [1.54, 1.807) is 16.2 Å². The van der Waals surface area contributed by atoms with Crippen LogP contribution < -0.4 is 0 Å². The van der Waals surface area contributed by atoms with Gasteiger partial charge in [0.2, 0.25) is 11.8 Å². The quantitative estimate of drug-likeness (QED) is 0.449. The van der Waals surface area contributed by atoms with Crippen LogP contribution in [0.2, 0.25) is 0 Å². The summed E-state index contributed by atoms with van der Waals surface area (Å²) >= 11 is 3.10. The first kappa shape index (κ1) is 17.4. The minimum Gasteiger partial charge on any atom is -0.414 e. The third kappa shape index (κ3) is 3.31. The fourth-order valence-electron chi connectivity index (χ4n) is 3.32. The number of likely N-dealkylation sites (tertiary alicyclic amines) is 1. The number of hydrogen-bond donors (Lipinski definition) is 0. The van der Waals surface area contributed by atoms with Crippen LogP contribution in [-0.4, -0.2) is 36.9 Å². The van der Waals surface area contributed by atoms with E-state index in [2.05, 4.69) is 26.7 Å². The lowest BCUT2D eigenvalue weighted by atomic mass is 10.1. The van der Waals surface area contributed by atoms with E-state index in [0.717, 1.165) is 34.9 Å². The van der Waals surface area contributed by atoms with Gasteiger partial charge in [-0.05, 0) is 6.42 Å². The summed E-state index contributed by atoms with van der Waals surface area (Å²) in [7, 11) is 0. The van der Waals surface area contributed by atoms with E-state index in [4.69, 9.17) is 9.40 Å². The molecule has 5 rings (SSSR count). The second-order valence-corrected chi connectivity index (χ2v) is 8.30. The first-order valence-corrected chi connectivity index (χ1v) is 10.9. The Balaban J connectivity index is 1.35. The summed E-state index contributed by atoms with van der Waals surface area (Å²) in [6.45, 7) is 1.15. The third-order valence-electron chi connectivity index (χ3n) is 4.69. The molecule has 0 bridgehead atoms. The first-order chi connectivity index (χ1) is 13.8. The van der Waals surface area contributed by atoms with Crippen molar-refractivity contribution >= 4 is 34.0 Å². The first-order valence-electron chi connectivity index (χ1n) is 9.01. The van der Waals surface area contributed by atoms with Crippen molar-refractivity contribution in [2.24, 2.45) is 0 Å². The predicted molar refractivity (Wildman–Crippen MR) is 107 cm³/mol. The Bertz CT molecular complexity index is 1120. The van der Waals surface area contributed by atoms with E-state index < -0.39 is 0 Å². The molecule has 9 heteroatoms. The monoisotopic (exact) mass is 411 g/mol. The maximum Gasteiger partial charge on any atom is 0.277 e. The molecule has 7 nitrogen and oxygen atoms in total. The van der Waals surface area contributed by atoms with Gasteiger partial charge >= 0.3 is 0 Å². The highest BCUT2D eigenvalue weighted by atomic mass is 32.2. The molecule has 0 radical (unpaired) electrons. The van der Waals surface area contributed by atoms with Crippen molar-refractivity contribution < 1.29 is 9.21 Å². The molecule has 4 aromatic rings. The molecular weight excluding hydrogens is 394 g/mol. The molecular formula is C19H17N5O2S2. The van der Waals surface area contributed by atoms with Crippen molar-refractivity contribution in [1.82, 2.24) is 24.5 Å². The average molecular weight is 412 g/mol. The Morgan fingerprint density at radius 3 is 2.93 bits per heavy atom. The number of benzene rings is 1. The number of rotatable bonds is 6. The minimum absolute atomic E-state index is 0.152. The van der Waals surface area contributed by atoms with Gasteiger partial charge in [0.1, 0.15) is 0 Å². The van der Waals surface area contributed by atoms with Gasteiger partial charge in [-0.3, -0.25) is 9.20 Å². The van der Waals surface area contributed by atoms with Crippen molar-refractivity contribution in [3.8, 4) is 11.3 Å². The Hall–Kier alpha value is -2.65. The number of carbonyl (C=O) groups excluding carboxylic acids is 1. The molecule has 0 unspecified atom stereocenters. The molecule has 1 aliphatic rings. The average Bonchev–Trinajstić information content (AvgIpc) is 3.48. The predicted octanol–water partition coefficient (Wildman–Crippen LogP) is 3.86. The second kappa shape index (κ2) is 7.40. The molecule has 3 aromatic heterocycles. The number of carbonyl (C=O) groups is 1. The zero-order chi connectivity index (χ0) is 18.9. The topological polar surface area (TPSA) is 76.5 Å². The molecule has 142 valence electrons. The normalized spacial score (nSPS) is 14.4. The summed E-state index contributed by atoms with van der Waals surface area (Å²) in [4.78, 5) is 19.3. The van der Waals surface area contributed by atoms with Gasteiger partial charge in [0.05, 0.1) is 17.9 Å². The van der Waals surface area contributed by atoms with Crippen LogP contribution in [0.1, 0.15) is 24.4 Å². The lowest BCUT2D eigenvalue weighted by molar-refractivity contribution is -0.128. The van der Waals surface area contributed by atoms with Gasteiger partial charge in [-0.1, -0.05) is 42.1 Å². The van der Waals surface area contributed by atoms with E-state index in [0.29, 0.717) is 29.8 Å². The number of aromatic nitrogens is 4. The number of nitrogens with zero attached hydrogens (tertiary/aromatic N) is 5. The maximum absolute atomic E-state index is 11.8. The highest BCUT2D eigenvalue weighted by Gasteiger charge is 2.23. The summed E-state index contributed by atoms with van der Waals surface area (Å²) in [5.41, 5.74) is 3.16. The van der Waals surface area contributed by atoms with Gasteiger partial charge in [-0.2, -0.15) is 0 Å². The molecule has 1 aromatic carbocycles. The molecule has 0 saturated carbocycles. The summed E-state index contributed by atoms with van der Waals surface area (Å²) in [6, 6.07) is 10.2. The van der Waals surface area contributed by atoms with Gasteiger partial charge in [0.25, 0.3) is 5.22 Å². The van der Waals surface area contributed by atoms with Gasteiger partial charge in [0.15, 0.2) is 4.96 Å². The summed E-state index contributed by atoms with van der Waals surface area (Å²) in [5, 5.41) is 10.8. The molecule has 0 N–H and O–H groups in total. The summed E-state index contributed by atoms with van der Waals surface area (Å²) in [6.07, 6.45) is 3.54. The molecule has 4 heterocycles. The van der Waals surface area contributed by atoms with Crippen molar-refractivity contribution in [3.05, 3.63) is 53.5 Å². The van der Waals surface area contributed by atoms with Crippen molar-refractivity contribution in [1.29, 1.82) is 0 Å². The molecule has 1 fully saturated rings. The fraction of sp³-hybridized carbons (Fsp3) is 0.263. The molecule has 1 saturated heterocycles. The lowest BCUT2D eigenvalue weighted by Crippen LogP contribution is -2.23. The SMILES string of the molecule is O=C1CCCN1Cc1nnc(SCc2c(-c3ccccc3)nc3sccn23)o1. The Morgan fingerprint density at radius 2 is 2.11 bits per heavy atom. The molecule has 0 aliphatic carbocycles. The molecule has 0 atom stereocenters. The number of thioether (sulfide) groups is 1. The fourth-order valence-corrected chi connectivity index (χ4v) is 4.85. The lowest BCUT2D eigenvalue weighted by Gasteiger charge is -2.11. The second-order valence-electron chi connectivity index (χ2n) is 6.50. The van der Waals surface area contributed by atoms with Crippen molar-refractivity contribution in [2.75, 3.05) is 6.54 Å². The van der Waals surface area contributed by atoms with Crippen LogP contribution in [0.4, 0.5) is 0 Å². The number of hydrogen-bond acceptors (Lipinski definition) is 7. The molecule has 0 spiro atoms. The van der Waals surface area contributed by atoms with Crippen LogP contribution >= 0.6 is 23.1 Å². The van der Waals surface area contributed by atoms with E-state index in [1.807, 2.05) is 29.8 Å². The van der Waals surface area contributed by atoms with Gasteiger partial charge in [0, 0.05) is 35.9 Å². The minimum atomic E-state index is 0.152. The molecule has 1 amide bonds. The van der Waals surface area contributed by atoms with Crippen molar-refractivity contribution in [2.45, 2.75) is 30.4 Å². The van der Waals surface area contributed by atoms with Crippen LogP contribution in [0.15, 0.2) is 51.5 Å². The van der Waals surface area contributed by atoms with Crippen LogP contribution in [-0.2, 0) is 17.1 Å². The number of thiazole rings is 1. The van der Waals surface area contributed by atoms with Crippen LogP contribution in [0.25, 0.3) is 16.2 Å². The van der Waals surface area contributed by atoms with Gasteiger partial charge in [-0.15, -0.1) is 21.5 Å². The van der Waals surface area contributed by atoms with Gasteiger partial charge in [-0.25, -0.2) is 4.98 Å². The Morgan fingerprint density at radius 1 is 1.21 bits per heavy atom. The number of fused-ring (bicyclic) bond motifs is 1. The summed E-state index contributed by atoms with van der Waals surface area (Å²) < 4.78 is 7.86. The van der Waals surface area contributed by atoms with E-state index >= 15 is 0 Å². The zero-order valence-electron chi connectivity index (χ0n) is 14.9. The van der Waals surface area contributed by atoms with E-state index in [-0.39, 0.29) is 5.91 Å². The van der Waals surface area contributed by atoms with Gasteiger partial charge < -0.3 is 9.32 Å². The van der Waals surface area contributed by atoms with Crippen LogP contribution in [0.3, 0.4) is 0 Å². The van der Waals surface area contributed by atoms with Crippen molar-refractivity contribution in [3.63, 3.8) is 0 Å². The third-order valence-corrected chi connectivity index (χ3v) is 6.27. The number of imidazole rings is 1. The smallest absolute Gasteiger partial charge is 0.277 e. The number of amides is 1. The highest BCUT2D eigenvalue weighted by molar-refractivity contribution is 7.98. The van der Waals surface area contributed by atoms with E-state index in [9.17, 15) is 4.79 Å². The zero-order valence-corrected chi connectivity index (χ0v) is 16.6. The van der Waals surface area contributed by atoms with Crippen LogP contribution in [0.5, 0.6) is 0 Å². The Kier molecular flexibility index (Phi) is 4.61. The van der Waals surface area contributed by atoms with E-state index in [1.165, 1.54) is 11.8 Å². The molecule has 1 aliphatic heterocycles. The largest absolute Gasteiger partial charge is 0.414 e. The Labute approximate surface area is 169 Å². The standard InChI is InChI=1S/C19H17N5O2S2/c25-16-7-4-8-23(16)11-15-21-22-19(26-15)28-12-14-17(13-5-2-1-3-6-13)20-18-24(14)9-10-27-18/h1-3,5-6,9-10H,4,7-8,11-12H2. The van der Waals surface area contributed by atoms with Crippen LogP contribution in [0, 0.1) is 0 Å². The maximum atomic E-state index is 11.8. The summed E-state index contributed by atoms with van der Waals surface area (Å²) in [5.74, 6) is 1.29.